The van der Waals surface area contributed by atoms with Gasteiger partial charge in [0.1, 0.15) is 0 Å². The molecule has 3 rings (SSSR count). The average molecular weight is 94.2 g/mol. The van der Waals surface area contributed by atoms with Crippen molar-refractivity contribution >= 4 is 0 Å². The van der Waals surface area contributed by atoms with Crippen LogP contribution in [-0.2, 0) is 0 Å². The van der Waals surface area contributed by atoms with E-state index in [0.29, 0.717) is 0 Å². The minimum absolute atomic E-state index is 0.995. The van der Waals surface area contributed by atoms with E-state index >= 15 is 0 Å². The number of hydrogen-bond donors (Lipinski definition) is 0. The standard InChI is InChI=1S/C7H10/c1-5-2-6-3-7(5)4-6/h3,5,7H,2,4H2,1H3/t5-,7?/m1/s1. The second-order valence-corrected chi connectivity index (χ2v) is 2.87. The number of hydrogen-bond acceptors (Lipinski definition) is 0. The topological polar surface area (TPSA) is 0 Å². The van der Waals surface area contributed by atoms with Crippen molar-refractivity contribution < 1.29 is 0 Å². The zero-order chi connectivity index (χ0) is 4.85. The first kappa shape index (κ1) is 3.71. The van der Waals surface area contributed by atoms with E-state index in [-0.39, 0.29) is 0 Å². The molecule has 1 fully saturated rings. The van der Waals surface area contributed by atoms with E-state index in [9.17, 15) is 0 Å². The predicted octanol–water partition coefficient (Wildman–Crippen LogP) is 1.97. The summed E-state index contributed by atoms with van der Waals surface area (Å²) in [4.78, 5) is 0. The fourth-order valence-electron chi connectivity index (χ4n) is 1.65. The summed E-state index contributed by atoms with van der Waals surface area (Å²) in [6, 6.07) is 0. The van der Waals surface area contributed by atoms with Crippen molar-refractivity contribution in [2.75, 3.05) is 0 Å². The van der Waals surface area contributed by atoms with Crippen molar-refractivity contribution in [2.45, 2.75) is 19.8 Å². The van der Waals surface area contributed by atoms with Crippen LogP contribution in [0.5, 0.6) is 0 Å². The van der Waals surface area contributed by atoms with Gasteiger partial charge in [-0.1, -0.05) is 18.6 Å². The molecule has 7 heavy (non-hydrogen) atoms. The molecule has 1 unspecified atom stereocenters. The molecule has 0 saturated heterocycles. The highest BCUT2D eigenvalue weighted by atomic mass is 14.4. The summed E-state index contributed by atoms with van der Waals surface area (Å²) in [6.45, 7) is 2.35. The third-order valence-corrected chi connectivity index (χ3v) is 2.26. The molecule has 3 aliphatic rings. The van der Waals surface area contributed by atoms with Gasteiger partial charge < -0.3 is 0 Å². The highest BCUT2D eigenvalue weighted by Crippen LogP contribution is 2.45. The molecule has 0 nitrogen and oxygen atoms in total. The quantitative estimate of drug-likeness (QED) is 0.402. The summed E-state index contributed by atoms with van der Waals surface area (Å²) >= 11 is 0. The lowest BCUT2D eigenvalue weighted by molar-refractivity contribution is 0.503. The van der Waals surface area contributed by atoms with E-state index in [4.69, 9.17) is 0 Å². The van der Waals surface area contributed by atoms with Crippen LogP contribution < -0.4 is 0 Å². The molecule has 0 aromatic rings. The van der Waals surface area contributed by atoms with E-state index in [0.717, 1.165) is 11.8 Å². The minimum atomic E-state index is 0.995. The van der Waals surface area contributed by atoms with Crippen LogP contribution in [0.1, 0.15) is 19.8 Å². The van der Waals surface area contributed by atoms with Gasteiger partial charge in [-0.05, 0) is 24.7 Å². The number of rotatable bonds is 0. The van der Waals surface area contributed by atoms with E-state index in [1.165, 1.54) is 12.8 Å². The predicted molar refractivity (Wildman–Crippen MR) is 30.0 cm³/mol. The molecule has 0 spiro atoms. The van der Waals surface area contributed by atoms with Crippen molar-refractivity contribution in [3.63, 3.8) is 0 Å². The number of allylic oxidation sites excluding steroid dienone is 2. The lowest BCUT2D eigenvalue weighted by Gasteiger charge is -2.12. The Morgan fingerprint density at radius 3 is 2.43 bits per heavy atom. The first-order chi connectivity index (χ1) is 3.36. The summed E-state index contributed by atoms with van der Waals surface area (Å²) in [5.74, 6) is 1.99. The Bertz CT molecular complexity index is 122. The Labute approximate surface area is 44.2 Å². The van der Waals surface area contributed by atoms with E-state index in [2.05, 4.69) is 13.0 Å². The van der Waals surface area contributed by atoms with Gasteiger partial charge >= 0.3 is 0 Å². The van der Waals surface area contributed by atoms with Gasteiger partial charge in [-0.2, -0.15) is 0 Å². The monoisotopic (exact) mass is 94.1 g/mol. The van der Waals surface area contributed by atoms with Crippen LogP contribution in [0.25, 0.3) is 0 Å². The largest absolute Gasteiger partial charge is 0.0816 e. The zero-order valence-electron chi connectivity index (χ0n) is 4.65. The molecule has 1 saturated carbocycles. The van der Waals surface area contributed by atoms with Gasteiger partial charge in [0, 0.05) is 0 Å². The molecule has 0 radical (unpaired) electrons. The molecule has 0 amide bonds. The van der Waals surface area contributed by atoms with Crippen LogP contribution in [0.4, 0.5) is 0 Å². The maximum absolute atomic E-state index is 2.44. The third-order valence-electron chi connectivity index (χ3n) is 2.26. The molecule has 2 bridgehead atoms. The van der Waals surface area contributed by atoms with Gasteiger partial charge in [-0.3, -0.25) is 0 Å². The molecular weight excluding hydrogens is 84.1 g/mol. The van der Waals surface area contributed by atoms with Crippen molar-refractivity contribution in [3.05, 3.63) is 11.6 Å². The third kappa shape index (κ3) is 0.324. The van der Waals surface area contributed by atoms with E-state index in [1.54, 1.807) is 5.57 Å². The van der Waals surface area contributed by atoms with Crippen molar-refractivity contribution in [1.82, 2.24) is 0 Å². The maximum Gasteiger partial charge on any atom is -0.0165 e. The first-order valence-corrected chi connectivity index (χ1v) is 3.06. The number of fused-ring (bicyclic) bond motifs is 1. The molecular formula is C7H10. The summed E-state index contributed by atoms with van der Waals surface area (Å²) in [5.41, 5.74) is 1.72. The highest BCUT2D eigenvalue weighted by molar-refractivity contribution is 5.25. The van der Waals surface area contributed by atoms with Crippen LogP contribution in [0.2, 0.25) is 0 Å². The first-order valence-electron chi connectivity index (χ1n) is 3.06. The molecule has 2 atom stereocenters. The molecule has 0 aliphatic heterocycles. The zero-order valence-corrected chi connectivity index (χ0v) is 4.65. The SMILES string of the molecule is C[C@@H]1CC2=CC1C2. The lowest BCUT2D eigenvalue weighted by atomic mass is 9.93. The fourth-order valence-corrected chi connectivity index (χ4v) is 1.65. The van der Waals surface area contributed by atoms with Crippen LogP contribution in [0.3, 0.4) is 0 Å². The van der Waals surface area contributed by atoms with E-state index in [1.807, 2.05) is 0 Å². The molecule has 0 aromatic heterocycles. The Balaban J connectivity index is 2.26. The van der Waals surface area contributed by atoms with Gasteiger partial charge in [0.2, 0.25) is 0 Å². The maximum atomic E-state index is 2.44. The Hall–Kier alpha value is -0.260. The fraction of sp³-hybridized carbons (Fsp3) is 0.714. The average Bonchev–Trinajstić information content (AvgIpc) is 1.85. The lowest BCUT2D eigenvalue weighted by Crippen LogP contribution is -2.01. The normalized spacial score (nSPS) is 45.6. The van der Waals surface area contributed by atoms with Gasteiger partial charge in [0.05, 0.1) is 0 Å². The highest BCUT2D eigenvalue weighted by Gasteiger charge is 2.32. The second kappa shape index (κ2) is 0.936. The molecule has 0 heteroatoms. The Morgan fingerprint density at radius 2 is 2.29 bits per heavy atom. The minimum Gasteiger partial charge on any atom is -0.0816 e. The molecule has 0 N–H and O–H groups in total. The summed E-state index contributed by atoms with van der Waals surface area (Å²) in [6.07, 6.45) is 5.27. The molecule has 0 aromatic carbocycles. The van der Waals surface area contributed by atoms with Crippen molar-refractivity contribution in [3.8, 4) is 0 Å². The van der Waals surface area contributed by atoms with Gasteiger partial charge in [-0.25, -0.2) is 0 Å². The van der Waals surface area contributed by atoms with Gasteiger partial charge in [0.25, 0.3) is 0 Å². The molecule has 0 heterocycles. The second-order valence-electron chi connectivity index (χ2n) is 2.87. The summed E-state index contributed by atoms with van der Waals surface area (Å²) < 4.78 is 0. The summed E-state index contributed by atoms with van der Waals surface area (Å²) in [5, 5.41) is 0. The Kier molecular flexibility index (Phi) is 0.495. The van der Waals surface area contributed by atoms with Gasteiger partial charge in [0.15, 0.2) is 0 Å². The summed E-state index contributed by atoms with van der Waals surface area (Å²) in [7, 11) is 0. The van der Waals surface area contributed by atoms with Crippen LogP contribution in [-0.4, -0.2) is 0 Å². The van der Waals surface area contributed by atoms with Crippen molar-refractivity contribution in [1.29, 1.82) is 0 Å². The van der Waals surface area contributed by atoms with Crippen LogP contribution in [0.15, 0.2) is 11.6 Å². The van der Waals surface area contributed by atoms with Gasteiger partial charge in [-0.15, -0.1) is 0 Å². The van der Waals surface area contributed by atoms with Crippen molar-refractivity contribution in [2.24, 2.45) is 11.8 Å². The molecule has 3 aliphatic carbocycles. The van der Waals surface area contributed by atoms with Crippen LogP contribution in [0, 0.1) is 11.8 Å². The van der Waals surface area contributed by atoms with Crippen LogP contribution >= 0.6 is 0 Å². The smallest absolute Gasteiger partial charge is 0.0165 e. The van der Waals surface area contributed by atoms with E-state index < -0.39 is 0 Å². The molecule has 38 valence electrons. The Morgan fingerprint density at radius 1 is 1.57 bits per heavy atom.